The van der Waals surface area contributed by atoms with Crippen LogP contribution in [0.2, 0.25) is 0 Å². The summed E-state index contributed by atoms with van der Waals surface area (Å²) in [6, 6.07) is 7.79. The average Bonchev–Trinajstić information content (AvgIpc) is 3.26. The van der Waals surface area contributed by atoms with Gasteiger partial charge in [-0.05, 0) is 42.3 Å². The van der Waals surface area contributed by atoms with Gasteiger partial charge >= 0.3 is 0 Å². The van der Waals surface area contributed by atoms with Crippen LogP contribution in [0.25, 0.3) is 0 Å². The van der Waals surface area contributed by atoms with Crippen LogP contribution in [-0.2, 0) is 11.3 Å². The van der Waals surface area contributed by atoms with Crippen LogP contribution < -0.4 is 0 Å². The normalized spacial score (nSPS) is 17.4. The van der Waals surface area contributed by atoms with Crippen molar-refractivity contribution in [2.45, 2.75) is 25.6 Å². The number of ether oxygens (including phenoxy) is 1. The van der Waals surface area contributed by atoms with E-state index in [0.717, 1.165) is 27.5 Å². The highest BCUT2D eigenvalue weighted by Gasteiger charge is 2.29. The average molecular weight is 351 g/mol. The molecule has 124 valence electrons. The maximum atomic E-state index is 12.6. The van der Waals surface area contributed by atoms with Crippen molar-refractivity contribution in [2.75, 3.05) is 20.2 Å². The van der Waals surface area contributed by atoms with Crippen LogP contribution >= 0.6 is 22.7 Å². The van der Waals surface area contributed by atoms with E-state index in [0.29, 0.717) is 19.7 Å². The SMILES string of the molecule is COCc1ccc(C(=O)N2CCC([C@H](O)c3cccs3)CC2)s1. The lowest BCUT2D eigenvalue weighted by Gasteiger charge is -2.33. The van der Waals surface area contributed by atoms with E-state index < -0.39 is 6.10 Å². The molecule has 0 aliphatic carbocycles. The zero-order valence-corrected chi connectivity index (χ0v) is 14.7. The molecule has 1 atom stereocenters. The molecule has 1 N–H and O–H groups in total. The van der Waals surface area contributed by atoms with Gasteiger partial charge in [0.25, 0.3) is 5.91 Å². The van der Waals surface area contributed by atoms with E-state index >= 15 is 0 Å². The molecular weight excluding hydrogens is 330 g/mol. The molecule has 1 saturated heterocycles. The first-order valence-electron chi connectivity index (χ1n) is 7.77. The van der Waals surface area contributed by atoms with Crippen molar-refractivity contribution in [1.82, 2.24) is 4.90 Å². The van der Waals surface area contributed by atoms with Gasteiger partial charge in [-0.2, -0.15) is 0 Å². The van der Waals surface area contributed by atoms with Gasteiger partial charge < -0.3 is 14.7 Å². The number of carbonyl (C=O) groups excluding carboxylic acids is 1. The Hall–Kier alpha value is -1.21. The predicted molar refractivity (Wildman–Crippen MR) is 92.9 cm³/mol. The fraction of sp³-hybridized carbons (Fsp3) is 0.471. The van der Waals surface area contributed by atoms with E-state index in [2.05, 4.69) is 0 Å². The number of thiophene rings is 2. The molecule has 0 aromatic carbocycles. The summed E-state index contributed by atoms with van der Waals surface area (Å²) >= 11 is 3.10. The summed E-state index contributed by atoms with van der Waals surface area (Å²) in [5, 5.41) is 12.4. The van der Waals surface area contributed by atoms with Gasteiger partial charge in [-0.15, -0.1) is 22.7 Å². The van der Waals surface area contributed by atoms with Gasteiger partial charge in [0.05, 0.1) is 17.6 Å². The number of methoxy groups -OCH3 is 1. The fourth-order valence-corrected chi connectivity index (χ4v) is 4.73. The number of aliphatic hydroxyl groups excluding tert-OH is 1. The van der Waals surface area contributed by atoms with Crippen molar-refractivity contribution in [3.05, 3.63) is 44.3 Å². The number of hydrogen-bond acceptors (Lipinski definition) is 5. The minimum atomic E-state index is -0.401. The van der Waals surface area contributed by atoms with E-state index in [-0.39, 0.29) is 11.8 Å². The number of aliphatic hydroxyl groups is 1. The Labute approximate surface area is 144 Å². The zero-order valence-electron chi connectivity index (χ0n) is 13.1. The highest BCUT2D eigenvalue weighted by Crippen LogP contribution is 2.33. The highest BCUT2D eigenvalue weighted by molar-refractivity contribution is 7.14. The topological polar surface area (TPSA) is 49.8 Å². The van der Waals surface area contributed by atoms with Gasteiger partial charge in [-0.1, -0.05) is 6.07 Å². The lowest BCUT2D eigenvalue weighted by molar-refractivity contribution is 0.0477. The number of carbonyl (C=O) groups is 1. The molecule has 3 rings (SSSR count). The standard InChI is InChI=1S/C17H21NO3S2/c1-21-11-13-4-5-15(23-13)17(20)18-8-6-12(7-9-18)16(19)14-3-2-10-22-14/h2-5,10,12,16,19H,6-9,11H2,1H3/t16-/m0/s1. The van der Waals surface area contributed by atoms with Crippen LogP contribution in [0.4, 0.5) is 0 Å². The van der Waals surface area contributed by atoms with Gasteiger partial charge in [-0.3, -0.25) is 4.79 Å². The molecule has 0 unspecified atom stereocenters. The molecule has 1 aliphatic heterocycles. The molecule has 0 saturated carbocycles. The minimum Gasteiger partial charge on any atom is -0.387 e. The van der Waals surface area contributed by atoms with Crippen molar-refractivity contribution in [3.8, 4) is 0 Å². The van der Waals surface area contributed by atoms with Crippen molar-refractivity contribution < 1.29 is 14.6 Å². The van der Waals surface area contributed by atoms with Crippen molar-refractivity contribution in [2.24, 2.45) is 5.92 Å². The van der Waals surface area contributed by atoms with Crippen LogP contribution in [0, 0.1) is 5.92 Å². The van der Waals surface area contributed by atoms with E-state index in [1.165, 1.54) is 11.3 Å². The second-order valence-corrected chi connectivity index (χ2v) is 7.94. The van der Waals surface area contributed by atoms with Crippen molar-refractivity contribution >= 4 is 28.6 Å². The Kier molecular flexibility index (Phi) is 5.48. The first kappa shape index (κ1) is 16.6. The van der Waals surface area contributed by atoms with Crippen LogP contribution in [0.3, 0.4) is 0 Å². The third-order valence-electron chi connectivity index (χ3n) is 4.27. The minimum absolute atomic E-state index is 0.0985. The lowest BCUT2D eigenvalue weighted by atomic mass is 9.90. The van der Waals surface area contributed by atoms with Gasteiger partial charge in [0.15, 0.2) is 0 Å². The second-order valence-electron chi connectivity index (χ2n) is 5.79. The smallest absolute Gasteiger partial charge is 0.263 e. The van der Waals surface area contributed by atoms with Crippen molar-refractivity contribution in [3.63, 3.8) is 0 Å². The summed E-state index contributed by atoms with van der Waals surface area (Å²) < 4.78 is 5.10. The third kappa shape index (κ3) is 3.83. The molecule has 2 aromatic rings. The number of hydrogen-bond donors (Lipinski definition) is 1. The highest BCUT2D eigenvalue weighted by atomic mass is 32.1. The Morgan fingerprint density at radius 2 is 2.17 bits per heavy atom. The van der Waals surface area contributed by atoms with E-state index in [9.17, 15) is 9.90 Å². The van der Waals surface area contributed by atoms with Crippen LogP contribution in [0.1, 0.15) is 38.4 Å². The molecule has 1 amide bonds. The molecule has 1 fully saturated rings. The molecule has 2 aromatic heterocycles. The summed E-state index contributed by atoms with van der Waals surface area (Å²) in [5.41, 5.74) is 0. The first-order valence-corrected chi connectivity index (χ1v) is 9.47. The van der Waals surface area contributed by atoms with Crippen LogP contribution in [0.15, 0.2) is 29.6 Å². The summed E-state index contributed by atoms with van der Waals surface area (Å²) in [5.74, 6) is 0.339. The van der Waals surface area contributed by atoms with E-state index in [1.54, 1.807) is 18.4 Å². The number of amides is 1. The van der Waals surface area contributed by atoms with Gasteiger partial charge in [-0.25, -0.2) is 0 Å². The monoisotopic (exact) mass is 351 g/mol. The summed E-state index contributed by atoms with van der Waals surface area (Å²) in [6.07, 6.45) is 1.30. The molecule has 3 heterocycles. The fourth-order valence-electron chi connectivity index (χ4n) is 2.98. The molecule has 0 radical (unpaired) electrons. The zero-order chi connectivity index (χ0) is 16.2. The van der Waals surface area contributed by atoms with Gasteiger partial charge in [0, 0.05) is 30.0 Å². The quantitative estimate of drug-likeness (QED) is 0.896. The molecule has 6 heteroatoms. The maximum absolute atomic E-state index is 12.6. The summed E-state index contributed by atoms with van der Waals surface area (Å²) in [6.45, 7) is 1.97. The third-order valence-corrected chi connectivity index (χ3v) is 6.26. The Morgan fingerprint density at radius 1 is 1.39 bits per heavy atom. The van der Waals surface area contributed by atoms with Crippen LogP contribution in [0.5, 0.6) is 0 Å². The molecular formula is C17H21NO3S2. The van der Waals surface area contributed by atoms with E-state index in [4.69, 9.17) is 4.74 Å². The Balaban J connectivity index is 1.56. The van der Waals surface area contributed by atoms with Crippen LogP contribution in [-0.4, -0.2) is 36.1 Å². The number of likely N-dealkylation sites (tertiary alicyclic amines) is 1. The Bertz CT molecular complexity index is 630. The summed E-state index contributed by atoms with van der Waals surface area (Å²) in [4.78, 5) is 17.3. The molecule has 0 spiro atoms. The molecule has 23 heavy (non-hydrogen) atoms. The molecule has 1 aliphatic rings. The lowest BCUT2D eigenvalue weighted by Crippen LogP contribution is -2.39. The van der Waals surface area contributed by atoms with Crippen molar-refractivity contribution in [1.29, 1.82) is 0 Å². The maximum Gasteiger partial charge on any atom is 0.263 e. The predicted octanol–water partition coefficient (Wildman–Crippen LogP) is 3.54. The first-order chi connectivity index (χ1) is 11.2. The molecule has 0 bridgehead atoms. The number of rotatable bonds is 5. The molecule has 4 nitrogen and oxygen atoms in total. The van der Waals surface area contributed by atoms with E-state index in [1.807, 2.05) is 34.5 Å². The largest absolute Gasteiger partial charge is 0.387 e. The number of piperidine rings is 1. The summed E-state index contributed by atoms with van der Waals surface area (Å²) in [7, 11) is 1.66. The Morgan fingerprint density at radius 3 is 2.83 bits per heavy atom. The van der Waals surface area contributed by atoms with Gasteiger partial charge in [0.1, 0.15) is 0 Å². The second kappa shape index (κ2) is 7.57. The van der Waals surface area contributed by atoms with Gasteiger partial charge in [0.2, 0.25) is 0 Å². The number of nitrogens with zero attached hydrogens (tertiary/aromatic N) is 1.